The lowest BCUT2D eigenvalue weighted by atomic mass is 9.95. The molecule has 0 bridgehead atoms. The van der Waals surface area contributed by atoms with Gasteiger partial charge in [0.2, 0.25) is 0 Å². The maximum atomic E-state index is 11.9. The van der Waals surface area contributed by atoms with Gasteiger partial charge in [-0.2, -0.15) is 0 Å². The Labute approximate surface area is 128 Å². The monoisotopic (exact) mass is 301 g/mol. The Hall–Kier alpha value is -0.650. The Balaban J connectivity index is 2.09. The van der Waals surface area contributed by atoms with E-state index in [2.05, 4.69) is 5.32 Å². The first-order valence-corrected chi connectivity index (χ1v) is 8.14. The molecule has 0 aromatic rings. The van der Waals surface area contributed by atoms with Crippen LogP contribution >= 0.6 is 0 Å². The average molecular weight is 301 g/mol. The molecule has 0 amide bonds. The third kappa shape index (κ3) is 6.76. The fraction of sp³-hybridized carbons (Fsp3) is 0.938. The van der Waals surface area contributed by atoms with Crippen molar-refractivity contribution in [2.75, 3.05) is 40.1 Å². The molecule has 1 aliphatic rings. The zero-order chi connectivity index (χ0) is 15.6. The van der Waals surface area contributed by atoms with Gasteiger partial charge >= 0.3 is 5.97 Å². The molecule has 1 heterocycles. The molecule has 0 aromatic heterocycles. The van der Waals surface area contributed by atoms with Gasteiger partial charge in [0, 0.05) is 26.4 Å². The topological polar surface area (TPSA) is 56.8 Å². The molecule has 5 heteroatoms. The van der Waals surface area contributed by atoms with Gasteiger partial charge in [0.15, 0.2) is 0 Å². The minimum atomic E-state index is -0.587. The molecule has 21 heavy (non-hydrogen) atoms. The lowest BCUT2D eigenvalue weighted by molar-refractivity contribution is -0.150. The van der Waals surface area contributed by atoms with E-state index in [1.165, 1.54) is 0 Å². The highest BCUT2D eigenvalue weighted by atomic mass is 16.5. The molecular weight excluding hydrogens is 270 g/mol. The minimum absolute atomic E-state index is 0.171. The zero-order valence-corrected chi connectivity index (χ0v) is 13.8. The molecule has 124 valence electrons. The molecule has 0 spiro atoms. The normalized spacial score (nSPS) is 19.2. The largest absolute Gasteiger partial charge is 0.465 e. The number of carbonyl (C=O) groups excluding carboxylic acids is 1. The molecule has 0 aliphatic carbocycles. The summed E-state index contributed by atoms with van der Waals surface area (Å²) in [5.41, 5.74) is -0.587. The number of unbranched alkanes of at least 4 members (excludes halogenated alkanes) is 1. The van der Waals surface area contributed by atoms with Crippen molar-refractivity contribution >= 4 is 5.97 Å². The van der Waals surface area contributed by atoms with E-state index in [1.54, 1.807) is 7.05 Å². The summed E-state index contributed by atoms with van der Waals surface area (Å²) >= 11 is 0. The van der Waals surface area contributed by atoms with Crippen LogP contribution in [0.25, 0.3) is 0 Å². The number of rotatable bonds is 10. The number of ether oxygens (including phenoxy) is 3. The van der Waals surface area contributed by atoms with Gasteiger partial charge in [-0.25, -0.2) is 0 Å². The van der Waals surface area contributed by atoms with Crippen LogP contribution < -0.4 is 5.32 Å². The third-order valence-corrected chi connectivity index (χ3v) is 4.19. The van der Waals surface area contributed by atoms with Gasteiger partial charge in [0.1, 0.15) is 5.54 Å². The number of esters is 1. The van der Waals surface area contributed by atoms with Crippen molar-refractivity contribution in [1.82, 2.24) is 5.32 Å². The van der Waals surface area contributed by atoms with Crippen molar-refractivity contribution in [3.8, 4) is 0 Å². The van der Waals surface area contributed by atoms with E-state index in [1.807, 2.05) is 13.8 Å². The maximum absolute atomic E-state index is 11.9. The van der Waals surface area contributed by atoms with Crippen molar-refractivity contribution in [2.24, 2.45) is 5.92 Å². The molecule has 1 aliphatic heterocycles. The van der Waals surface area contributed by atoms with Crippen LogP contribution in [0, 0.1) is 5.92 Å². The Morgan fingerprint density at radius 2 is 2.05 bits per heavy atom. The minimum Gasteiger partial charge on any atom is -0.465 e. The van der Waals surface area contributed by atoms with E-state index in [-0.39, 0.29) is 5.97 Å². The molecule has 1 rings (SSSR count). The van der Waals surface area contributed by atoms with Crippen molar-refractivity contribution in [3.05, 3.63) is 0 Å². The van der Waals surface area contributed by atoms with Crippen LogP contribution in [-0.2, 0) is 19.0 Å². The second kappa shape index (κ2) is 10.1. The van der Waals surface area contributed by atoms with Crippen molar-refractivity contribution in [3.63, 3.8) is 0 Å². The standard InChI is InChI=1S/C16H31NO4/c1-4-21-15(18)16(2,17-3)9-5-6-10-20-13-14-7-11-19-12-8-14/h14,17H,4-13H2,1-3H3. The SMILES string of the molecule is CCOC(=O)C(C)(CCCCOCC1CCOCC1)NC. The van der Waals surface area contributed by atoms with Gasteiger partial charge in [-0.15, -0.1) is 0 Å². The lowest BCUT2D eigenvalue weighted by Crippen LogP contribution is -2.48. The first-order valence-electron chi connectivity index (χ1n) is 8.14. The summed E-state index contributed by atoms with van der Waals surface area (Å²) in [6.07, 6.45) is 4.91. The number of nitrogens with one attached hydrogen (secondary N) is 1. The number of likely N-dealkylation sites (N-methyl/N-ethyl adjacent to an activating group) is 1. The molecule has 0 saturated carbocycles. The van der Waals surface area contributed by atoms with Gasteiger partial charge in [-0.05, 0) is 58.9 Å². The molecule has 1 N–H and O–H groups in total. The van der Waals surface area contributed by atoms with E-state index in [0.717, 1.165) is 58.5 Å². The van der Waals surface area contributed by atoms with E-state index >= 15 is 0 Å². The number of hydrogen-bond donors (Lipinski definition) is 1. The number of carbonyl (C=O) groups is 1. The van der Waals surface area contributed by atoms with Crippen molar-refractivity contribution in [1.29, 1.82) is 0 Å². The van der Waals surface area contributed by atoms with Gasteiger partial charge in [0.25, 0.3) is 0 Å². The van der Waals surface area contributed by atoms with Gasteiger partial charge in [-0.3, -0.25) is 4.79 Å². The summed E-state index contributed by atoms with van der Waals surface area (Å²) in [6.45, 7) is 7.49. The molecule has 1 unspecified atom stereocenters. The summed E-state index contributed by atoms with van der Waals surface area (Å²) < 4.78 is 16.2. The van der Waals surface area contributed by atoms with Crippen LogP contribution in [0.15, 0.2) is 0 Å². The highest BCUT2D eigenvalue weighted by Gasteiger charge is 2.32. The van der Waals surface area contributed by atoms with Crippen LogP contribution in [0.1, 0.15) is 46.0 Å². The van der Waals surface area contributed by atoms with Crippen molar-refractivity contribution < 1.29 is 19.0 Å². The first kappa shape index (κ1) is 18.4. The Bertz CT molecular complexity index is 292. The quantitative estimate of drug-likeness (QED) is 0.495. The Kier molecular flexibility index (Phi) is 8.88. The predicted molar refractivity (Wildman–Crippen MR) is 82.3 cm³/mol. The van der Waals surface area contributed by atoms with Gasteiger partial charge in [0.05, 0.1) is 6.61 Å². The second-order valence-corrected chi connectivity index (χ2v) is 5.89. The van der Waals surface area contributed by atoms with Crippen LogP contribution in [-0.4, -0.2) is 51.6 Å². The van der Waals surface area contributed by atoms with Crippen LogP contribution in [0.4, 0.5) is 0 Å². The Morgan fingerprint density at radius 1 is 1.33 bits per heavy atom. The average Bonchev–Trinajstić information content (AvgIpc) is 2.51. The summed E-state index contributed by atoms with van der Waals surface area (Å²) in [6, 6.07) is 0. The fourth-order valence-electron chi connectivity index (χ4n) is 2.47. The molecular formula is C16H31NO4. The summed E-state index contributed by atoms with van der Waals surface area (Å²) in [7, 11) is 1.80. The molecule has 0 radical (unpaired) electrons. The van der Waals surface area contributed by atoms with Crippen LogP contribution in [0.5, 0.6) is 0 Å². The summed E-state index contributed by atoms with van der Waals surface area (Å²) in [5.74, 6) is 0.483. The summed E-state index contributed by atoms with van der Waals surface area (Å²) in [5, 5.41) is 3.08. The van der Waals surface area contributed by atoms with E-state index in [0.29, 0.717) is 12.5 Å². The van der Waals surface area contributed by atoms with Crippen LogP contribution in [0.2, 0.25) is 0 Å². The molecule has 1 fully saturated rings. The van der Waals surface area contributed by atoms with Crippen LogP contribution in [0.3, 0.4) is 0 Å². The highest BCUT2D eigenvalue weighted by Crippen LogP contribution is 2.17. The molecule has 5 nitrogen and oxygen atoms in total. The smallest absolute Gasteiger partial charge is 0.326 e. The second-order valence-electron chi connectivity index (χ2n) is 5.89. The maximum Gasteiger partial charge on any atom is 0.326 e. The molecule has 0 aromatic carbocycles. The van der Waals surface area contributed by atoms with E-state index < -0.39 is 5.54 Å². The number of hydrogen-bond acceptors (Lipinski definition) is 5. The van der Waals surface area contributed by atoms with Gasteiger partial charge in [-0.1, -0.05) is 0 Å². The van der Waals surface area contributed by atoms with E-state index in [4.69, 9.17) is 14.2 Å². The Morgan fingerprint density at radius 3 is 2.67 bits per heavy atom. The molecule has 1 atom stereocenters. The van der Waals surface area contributed by atoms with Gasteiger partial charge < -0.3 is 19.5 Å². The highest BCUT2D eigenvalue weighted by molar-refractivity contribution is 5.80. The third-order valence-electron chi connectivity index (χ3n) is 4.19. The predicted octanol–water partition coefficient (Wildman–Crippen LogP) is 2.14. The first-order chi connectivity index (χ1) is 10.1. The zero-order valence-electron chi connectivity index (χ0n) is 13.8. The van der Waals surface area contributed by atoms with E-state index in [9.17, 15) is 4.79 Å². The fourth-order valence-corrected chi connectivity index (χ4v) is 2.47. The molecule has 1 saturated heterocycles. The summed E-state index contributed by atoms with van der Waals surface area (Å²) in [4.78, 5) is 11.9. The van der Waals surface area contributed by atoms with Crippen molar-refractivity contribution in [2.45, 2.75) is 51.5 Å². The lowest BCUT2D eigenvalue weighted by Gasteiger charge is -2.26.